The number of carboxylic acid groups (broad SMARTS) is 1. The van der Waals surface area contributed by atoms with Gasteiger partial charge in [-0.05, 0) is 69.0 Å². The lowest BCUT2D eigenvalue weighted by Crippen LogP contribution is -2.39. The quantitative estimate of drug-likeness (QED) is 0.414. The minimum Gasteiger partial charge on any atom is -0.481 e. The van der Waals surface area contributed by atoms with Crippen molar-refractivity contribution in [3.63, 3.8) is 0 Å². The molecule has 5 nitrogen and oxygen atoms in total. The number of carbonyl (C=O) groups is 2. The molecule has 1 aliphatic carbocycles. The molecule has 0 spiro atoms. The molecule has 0 saturated heterocycles. The summed E-state index contributed by atoms with van der Waals surface area (Å²) in [7, 11) is 0. The van der Waals surface area contributed by atoms with Crippen molar-refractivity contribution in [2.24, 2.45) is 0 Å². The molecule has 2 N–H and O–H groups in total. The second-order valence-corrected chi connectivity index (χ2v) is 8.84. The van der Waals surface area contributed by atoms with Gasteiger partial charge in [0.1, 0.15) is 6.61 Å². The largest absolute Gasteiger partial charge is 0.481 e. The van der Waals surface area contributed by atoms with Crippen molar-refractivity contribution >= 4 is 34.7 Å². The topological polar surface area (TPSA) is 75.6 Å². The van der Waals surface area contributed by atoms with Gasteiger partial charge in [0.05, 0.1) is 6.42 Å². The van der Waals surface area contributed by atoms with E-state index in [0.717, 1.165) is 31.4 Å². The Morgan fingerprint density at radius 3 is 2.10 bits per heavy atom. The van der Waals surface area contributed by atoms with E-state index in [4.69, 9.17) is 4.74 Å². The number of rotatable bonds is 7. The molecule has 0 aromatic heterocycles. The predicted molar refractivity (Wildman–Crippen MR) is 127 cm³/mol. The van der Waals surface area contributed by atoms with E-state index >= 15 is 0 Å². The summed E-state index contributed by atoms with van der Waals surface area (Å²) in [5.41, 5.74) is 5.56. The number of alkyl carbamates (subject to hydrolysis) is 1. The lowest BCUT2D eigenvalue weighted by atomic mass is 9.98. The maximum atomic E-state index is 12.5. The maximum absolute atomic E-state index is 12.5. The van der Waals surface area contributed by atoms with Gasteiger partial charge in [-0.15, -0.1) is 0 Å². The van der Waals surface area contributed by atoms with E-state index in [1.54, 1.807) is 0 Å². The van der Waals surface area contributed by atoms with Crippen LogP contribution in [0.25, 0.3) is 11.1 Å². The van der Waals surface area contributed by atoms with Gasteiger partial charge in [0.15, 0.2) is 0 Å². The zero-order valence-corrected chi connectivity index (χ0v) is 18.9. The molecule has 3 aromatic rings. The van der Waals surface area contributed by atoms with Crippen molar-refractivity contribution < 1.29 is 19.4 Å². The standard InChI is InChI=1S/C25H22INO4/c26-17-11-9-16(10-12-17)13-18(14-24(28)29)27-25(30)31-15-23-21-7-3-1-5-19(21)20-6-2-4-8-22(20)23/h1-12,18,23H,13-15H2,(H,27,30)(H,28,29)/t18-/m1/s1. The highest BCUT2D eigenvalue weighted by atomic mass is 127. The SMILES string of the molecule is O=C(O)C[C@@H](Cc1ccc(I)cc1)NC(=O)OCC1c2ccccc2-c2ccccc21. The van der Waals surface area contributed by atoms with Gasteiger partial charge in [-0.3, -0.25) is 4.79 Å². The van der Waals surface area contributed by atoms with Gasteiger partial charge < -0.3 is 15.2 Å². The lowest BCUT2D eigenvalue weighted by Gasteiger charge is -2.19. The Labute approximate surface area is 194 Å². The number of benzene rings is 3. The summed E-state index contributed by atoms with van der Waals surface area (Å²) in [6, 6.07) is 23.5. The van der Waals surface area contributed by atoms with Crippen LogP contribution in [0.15, 0.2) is 72.8 Å². The van der Waals surface area contributed by atoms with Crippen molar-refractivity contribution in [2.75, 3.05) is 6.61 Å². The van der Waals surface area contributed by atoms with Crippen LogP contribution in [-0.4, -0.2) is 29.8 Å². The van der Waals surface area contributed by atoms with Crippen LogP contribution in [0.1, 0.15) is 29.0 Å². The molecular formula is C25H22INO4. The molecule has 4 rings (SSSR count). The van der Waals surface area contributed by atoms with E-state index in [9.17, 15) is 14.7 Å². The maximum Gasteiger partial charge on any atom is 0.407 e. The monoisotopic (exact) mass is 527 g/mol. The molecule has 1 aliphatic rings. The summed E-state index contributed by atoms with van der Waals surface area (Å²) in [6.07, 6.45) is -0.345. The van der Waals surface area contributed by atoms with E-state index in [-0.39, 0.29) is 18.9 Å². The van der Waals surface area contributed by atoms with Gasteiger partial charge in [0.25, 0.3) is 0 Å². The molecule has 1 amide bonds. The first-order valence-corrected chi connectivity index (χ1v) is 11.2. The molecule has 0 fully saturated rings. The van der Waals surface area contributed by atoms with Crippen LogP contribution >= 0.6 is 22.6 Å². The van der Waals surface area contributed by atoms with E-state index in [0.29, 0.717) is 6.42 Å². The number of nitrogens with one attached hydrogen (secondary N) is 1. The first-order valence-electron chi connectivity index (χ1n) is 10.1. The molecule has 0 heterocycles. The Morgan fingerprint density at radius 1 is 0.935 bits per heavy atom. The average molecular weight is 527 g/mol. The van der Waals surface area contributed by atoms with E-state index in [1.165, 1.54) is 0 Å². The molecular weight excluding hydrogens is 505 g/mol. The van der Waals surface area contributed by atoms with Crippen LogP contribution in [0.5, 0.6) is 0 Å². The van der Waals surface area contributed by atoms with Crippen molar-refractivity contribution in [1.29, 1.82) is 0 Å². The second kappa shape index (κ2) is 9.51. The summed E-state index contributed by atoms with van der Waals surface area (Å²) >= 11 is 2.22. The lowest BCUT2D eigenvalue weighted by molar-refractivity contribution is -0.137. The van der Waals surface area contributed by atoms with Crippen molar-refractivity contribution in [1.82, 2.24) is 5.32 Å². The Morgan fingerprint density at radius 2 is 1.52 bits per heavy atom. The number of aliphatic carboxylic acids is 1. The van der Waals surface area contributed by atoms with Crippen LogP contribution in [-0.2, 0) is 16.0 Å². The van der Waals surface area contributed by atoms with E-state index in [1.807, 2.05) is 48.5 Å². The fourth-order valence-corrected chi connectivity index (χ4v) is 4.46. The second-order valence-electron chi connectivity index (χ2n) is 7.60. The fourth-order valence-electron chi connectivity index (χ4n) is 4.10. The summed E-state index contributed by atoms with van der Waals surface area (Å²) < 4.78 is 6.66. The number of fused-ring (bicyclic) bond motifs is 3. The molecule has 0 saturated carbocycles. The van der Waals surface area contributed by atoms with Gasteiger partial charge >= 0.3 is 12.1 Å². The van der Waals surface area contributed by atoms with Crippen LogP contribution in [0.2, 0.25) is 0 Å². The highest BCUT2D eigenvalue weighted by molar-refractivity contribution is 14.1. The minimum absolute atomic E-state index is 0.0349. The van der Waals surface area contributed by atoms with E-state index < -0.39 is 18.1 Å². The first kappa shape index (κ1) is 21.4. The summed E-state index contributed by atoms with van der Waals surface area (Å²) in [6.45, 7) is 0.198. The molecule has 31 heavy (non-hydrogen) atoms. The third-order valence-corrected chi connectivity index (χ3v) is 6.20. The zero-order chi connectivity index (χ0) is 21.8. The Kier molecular flexibility index (Phi) is 6.56. The van der Waals surface area contributed by atoms with Gasteiger partial charge in [-0.1, -0.05) is 60.7 Å². The molecule has 0 radical (unpaired) electrons. The molecule has 0 unspecified atom stereocenters. The van der Waals surface area contributed by atoms with Crippen LogP contribution in [0.3, 0.4) is 0 Å². The molecule has 6 heteroatoms. The molecule has 1 atom stereocenters. The number of carbonyl (C=O) groups excluding carboxylic acids is 1. The van der Waals surface area contributed by atoms with Crippen molar-refractivity contribution in [3.8, 4) is 11.1 Å². The number of carboxylic acids is 1. The third-order valence-electron chi connectivity index (χ3n) is 5.48. The average Bonchev–Trinajstić information content (AvgIpc) is 3.07. The molecule has 158 valence electrons. The summed E-state index contributed by atoms with van der Waals surface area (Å²) in [4.78, 5) is 23.8. The molecule has 3 aromatic carbocycles. The molecule has 0 aliphatic heterocycles. The zero-order valence-electron chi connectivity index (χ0n) is 16.8. The van der Waals surface area contributed by atoms with Gasteiger partial charge in [-0.2, -0.15) is 0 Å². The van der Waals surface area contributed by atoms with Gasteiger partial charge in [0, 0.05) is 15.5 Å². The smallest absolute Gasteiger partial charge is 0.407 e. The third kappa shape index (κ3) is 5.07. The Balaban J connectivity index is 1.42. The predicted octanol–water partition coefficient (Wildman–Crippen LogP) is 5.22. The van der Waals surface area contributed by atoms with Gasteiger partial charge in [0.2, 0.25) is 0 Å². The number of halogens is 1. The van der Waals surface area contributed by atoms with Gasteiger partial charge in [-0.25, -0.2) is 4.79 Å². The highest BCUT2D eigenvalue weighted by Gasteiger charge is 2.29. The van der Waals surface area contributed by atoms with Crippen LogP contribution in [0, 0.1) is 3.57 Å². The van der Waals surface area contributed by atoms with Crippen LogP contribution in [0.4, 0.5) is 4.79 Å². The first-order chi connectivity index (χ1) is 15.0. The summed E-state index contributed by atoms with van der Waals surface area (Å²) in [5, 5.41) is 12.0. The summed E-state index contributed by atoms with van der Waals surface area (Å²) in [5.74, 6) is -0.998. The van der Waals surface area contributed by atoms with Crippen molar-refractivity contribution in [2.45, 2.75) is 24.8 Å². The number of hydrogen-bond acceptors (Lipinski definition) is 3. The Bertz CT molecular complexity index is 1050. The normalized spacial score (nSPS) is 13.2. The number of ether oxygens (including phenoxy) is 1. The minimum atomic E-state index is -0.963. The molecule has 0 bridgehead atoms. The number of amides is 1. The number of hydrogen-bond donors (Lipinski definition) is 2. The fraction of sp³-hybridized carbons (Fsp3) is 0.200. The van der Waals surface area contributed by atoms with E-state index in [2.05, 4.69) is 52.2 Å². The van der Waals surface area contributed by atoms with Crippen molar-refractivity contribution in [3.05, 3.63) is 93.1 Å². The Hall–Kier alpha value is -2.87. The van der Waals surface area contributed by atoms with Crippen LogP contribution < -0.4 is 5.32 Å². The highest BCUT2D eigenvalue weighted by Crippen LogP contribution is 2.44.